The molecule has 0 aromatic heterocycles. The predicted octanol–water partition coefficient (Wildman–Crippen LogP) is 3.50. The summed E-state index contributed by atoms with van der Waals surface area (Å²) < 4.78 is 25.0. The molecule has 0 bridgehead atoms. The van der Waals surface area contributed by atoms with Crippen LogP contribution in [0.15, 0.2) is 48.5 Å². The zero-order valence-electron chi connectivity index (χ0n) is 14.2. The van der Waals surface area contributed by atoms with E-state index in [9.17, 15) is 13.2 Å². The van der Waals surface area contributed by atoms with Gasteiger partial charge in [-0.15, -0.1) is 0 Å². The van der Waals surface area contributed by atoms with Crippen molar-refractivity contribution < 1.29 is 13.2 Å². The SMILES string of the molecule is CCc1ccc(NC(=O)C(C)S(=O)(=O)Cc2ccccc2C)cc1. The maximum atomic E-state index is 12.5. The normalized spacial score (nSPS) is 12.6. The first-order valence-electron chi connectivity index (χ1n) is 7.99. The largest absolute Gasteiger partial charge is 0.325 e. The summed E-state index contributed by atoms with van der Waals surface area (Å²) in [6.45, 7) is 5.35. The molecular weight excluding hydrogens is 322 g/mol. The Morgan fingerprint density at radius 2 is 1.71 bits per heavy atom. The highest BCUT2D eigenvalue weighted by Crippen LogP contribution is 2.17. The van der Waals surface area contributed by atoms with Crippen LogP contribution >= 0.6 is 0 Å². The lowest BCUT2D eigenvalue weighted by molar-refractivity contribution is -0.115. The Morgan fingerprint density at radius 1 is 1.08 bits per heavy atom. The summed E-state index contributed by atoms with van der Waals surface area (Å²) in [5.74, 6) is -0.643. The van der Waals surface area contributed by atoms with Gasteiger partial charge < -0.3 is 5.32 Å². The lowest BCUT2D eigenvalue weighted by Gasteiger charge is -2.14. The average Bonchev–Trinajstić information content (AvgIpc) is 2.56. The van der Waals surface area contributed by atoms with Crippen molar-refractivity contribution >= 4 is 21.4 Å². The minimum absolute atomic E-state index is 0.136. The Hall–Kier alpha value is -2.14. The van der Waals surface area contributed by atoms with Gasteiger partial charge in [0.25, 0.3) is 0 Å². The van der Waals surface area contributed by atoms with E-state index >= 15 is 0 Å². The molecule has 0 aliphatic rings. The van der Waals surface area contributed by atoms with Crippen LogP contribution in [0.5, 0.6) is 0 Å². The van der Waals surface area contributed by atoms with Crippen LogP contribution in [-0.2, 0) is 26.8 Å². The molecule has 1 N–H and O–H groups in total. The molecule has 2 rings (SSSR count). The molecular formula is C19H23NO3S. The van der Waals surface area contributed by atoms with Crippen LogP contribution in [0.3, 0.4) is 0 Å². The quantitative estimate of drug-likeness (QED) is 0.871. The molecule has 0 radical (unpaired) electrons. The molecule has 0 saturated heterocycles. The van der Waals surface area contributed by atoms with Gasteiger partial charge in [0.15, 0.2) is 9.84 Å². The van der Waals surface area contributed by atoms with Gasteiger partial charge in [-0.2, -0.15) is 0 Å². The molecule has 4 nitrogen and oxygen atoms in total. The van der Waals surface area contributed by atoms with Crippen LogP contribution < -0.4 is 5.32 Å². The number of anilines is 1. The van der Waals surface area contributed by atoms with Gasteiger partial charge in [-0.1, -0.05) is 43.3 Å². The van der Waals surface area contributed by atoms with Crippen molar-refractivity contribution in [3.05, 3.63) is 65.2 Å². The molecule has 24 heavy (non-hydrogen) atoms. The smallest absolute Gasteiger partial charge is 0.242 e. The molecule has 0 aliphatic heterocycles. The Morgan fingerprint density at radius 3 is 2.29 bits per heavy atom. The molecule has 0 heterocycles. The van der Waals surface area contributed by atoms with Crippen LogP contribution in [-0.4, -0.2) is 19.6 Å². The molecule has 1 amide bonds. The predicted molar refractivity (Wildman–Crippen MR) is 97.7 cm³/mol. The van der Waals surface area contributed by atoms with E-state index in [1.54, 1.807) is 24.3 Å². The second-order valence-electron chi connectivity index (χ2n) is 5.92. The number of sulfone groups is 1. The van der Waals surface area contributed by atoms with Crippen LogP contribution in [0.2, 0.25) is 0 Å². The van der Waals surface area contributed by atoms with Crippen LogP contribution in [0.25, 0.3) is 0 Å². The van der Waals surface area contributed by atoms with Crippen LogP contribution in [0.1, 0.15) is 30.5 Å². The van der Waals surface area contributed by atoms with Crippen molar-refractivity contribution in [3.8, 4) is 0 Å². The second kappa shape index (κ2) is 7.62. The van der Waals surface area contributed by atoms with Crippen molar-refractivity contribution in [1.82, 2.24) is 0 Å². The monoisotopic (exact) mass is 345 g/mol. The number of amides is 1. The molecule has 0 saturated carbocycles. The third-order valence-electron chi connectivity index (χ3n) is 4.16. The van der Waals surface area contributed by atoms with E-state index in [0.717, 1.165) is 23.1 Å². The summed E-state index contributed by atoms with van der Waals surface area (Å²) in [6.07, 6.45) is 0.912. The molecule has 0 aliphatic carbocycles. The second-order valence-corrected chi connectivity index (χ2v) is 8.24. The Balaban J connectivity index is 2.09. The first-order chi connectivity index (χ1) is 11.3. The number of carbonyl (C=O) groups excluding carboxylic acids is 1. The van der Waals surface area contributed by atoms with Crippen LogP contribution in [0, 0.1) is 6.92 Å². The van der Waals surface area contributed by atoms with E-state index < -0.39 is 21.0 Å². The van der Waals surface area contributed by atoms with Gasteiger partial charge >= 0.3 is 0 Å². The lowest BCUT2D eigenvalue weighted by atomic mass is 10.1. The van der Waals surface area contributed by atoms with E-state index in [4.69, 9.17) is 0 Å². The minimum Gasteiger partial charge on any atom is -0.325 e. The first-order valence-corrected chi connectivity index (χ1v) is 9.71. The maximum Gasteiger partial charge on any atom is 0.242 e. The highest BCUT2D eigenvalue weighted by atomic mass is 32.2. The lowest BCUT2D eigenvalue weighted by Crippen LogP contribution is -2.33. The Kier molecular flexibility index (Phi) is 5.78. The van der Waals surface area contributed by atoms with E-state index in [1.807, 2.05) is 38.1 Å². The Labute approximate surface area is 143 Å². The van der Waals surface area contributed by atoms with Crippen LogP contribution in [0.4, 0.5) is 5.69 Å². The van der Waals surface area contributed by atoms with E-state index in [-0.39, 0.29) is 5.75 Å². The van der Waals surface area contributed by atoms with Gasteiger partial charge in [-0.3, -0.25) is 4.79 Å². The summed E-state index contributed by atoms with van der Waals surface area (Å²) in [5.41, 5.74) is 3.40. The summed E-state index contributed by atoms with van der Waals surface area (Å²) in [6, 6.07) is 14.7. The number of rotatable bonds is 6. The fourth-order valence-electron chi connectivity index (χ4n) is 2.34. The standard InChI is InChI=1S/C19H23NO3S/c1-4-16-9-11-18(12-10-16)20-19(21)15(3)24(22,23)13-17-8-6-5-7-14(17)2/h5-12,15H,4,13H2,1-3H3,(H,20,21). The van der Waals surface area contributed by atoms with Gasteiger partial charge in [0, 0.05) is 5.69 Å². The molecule has 1 unspecified atom stereocenters. The van der Waals surface area contributed by atoms with Gasteiger partial charge in [-0.25, -0.2) is 8.42 Å². The summed E-state index contributed by atoms with van der Waals surface area (Å²) in [5, 5.41) is 1.57. The van der Waals surface area contributed by atoms with Gasteiger partial charge in [0.2, 0.25) is 5.91 Å². The third-order valence-corrected chi connectivity index (χ3v) is 6.16. The van der Waals surface area contributed by atoms with Gasteiger partial charge in [0.1, 0.15) is 5.25 Å². The summed E-state index contributed by atoms with van der Waals surface area (Å²) in [7, 11) is -3.58. The molecule has 0 spiro atoms. The fourth-order valence-corrected chi connectivity index (χ4v) is 3.74. The molecule has 2 aromatic rings. The zero-order chi connectivity index (χ0) is 17.7. The number of nitrogens with one attached hydrogen (secondary N) is 1. The maximum absolute atomic E-state index is 12.5. The van der Waals surface area contributed by atoms with Crippen molar-refractivity contribution in [3.63, 3.8) is 0 Å². The summed E-state index contributed by atoms with van der Waals surface area (Å²) >= 11 is 0. The topological polar surface area (TPSA) is 63.2 Å². The van der Waals surface area contributed by atoms with Gasteiger partial charge in [0.05, 0.1) is 5.75 Å². The van der Waals surface area contributed by atoms with Crippen molar-refractivity contribution in [2.24, 2.45) is 0 Å². The Bertz CT molecular complexity index is 811. The number of carbonyl (C=O) groups is 1. The average molecular weight is 345 g/mol. The number of aryl methyl sites for hydroxylation is 2. The minimum atomic E-state index is -3.58. The number of benzene rings is 2. The van der Waals surface area contributed by atoms with Crippen molar-refractivity contribution in [2.75, 3.05) is 5.32 Å². The number of hydrogen-bond donors (Lipinski definition) is 1. The fraction of sp³-hybridized carbons (Fsp3) is 0.316. The van der Waals surface area contributed by atoms with Gasteiger partial charge in [-0.05, 0) is 49.1 Å². The van der Waals surface area contributed by atoms with E-state index in [0.29, 0.717) is 5.69 Å². The molecule has 2 aromatic carbocycles. The molecule has 0 fully saturated rings. The first kappa shape index (κ1) is 18.2. The van der Waals surface area contributed by atoms with E-state index in [2.05, 4.69) is 5.32 Å². The van der Waals surface area contributed by atoms with E-state index in [1.165, 1.54) is 6.92 Å². The van der Waals surface area contributed by atoms with Crippen molar-refractivity contribution in [1.29, 1.82) is 0 Å². The molecule has 1 atom stereocenters. The third kappa shape index (κ3) is 4.45. The highest BCUT2D eigenvalue weighted by Gasteiger charge is 2.28. The molecule has 128 valence electrons. The summed E-state index contributed by atoms with van der Waals surface area (Å²) in [4.78, 5) is 12.3. The van der Waals surface area contributed by atoms with Crippen molar-refractivity contribution in [2.45, 2.75) is 38.2 Å². The highest BCUT2D eigenvalue weighted by molar-refractivity contribution is 7.92. The number of hydrogen-bond acceptors (Lipinski definition) is 3. The molecule has 5 heteroatoms. The zero-order valence-corrected chi connectivity index (χ0v) is 15.1.